The summed E-state index contributed by atoms with van der Waals surface area (Å²) in [5.41, 5.74) is 1.82. The maximum atomic E-state index is 12.4. The highest BCUT2D eigenvalue weighted by atomic mass is 16.5. The third-order valence-electron chi connectivity index (χ3n) is 5.26. The summed E-state index contributed by atoms with van der Waals surface area (Å²) in [5.74, 6) is 0.658. The highest BCUT2D eigenvalue weighted by Gasteiger charge is 2.32. The number of para-hydroxylation sites is 1. The third-order valence-corrected chi connectivity index (χ3v) is 5.26. The summed E-state index contributed by atoms with van der Waals surface area (Å²) >= 11 is 0. The van der Waals surface area contributed by atoms with E-state index in [4.69, 9.17) is 4.74 Å². The highest BCUT2D eigenvalue weighted by molar-refractivity contribution is 6.05. The minimum atomic E-state index is -0.641. The number of anilines is 2. The Balaban J connectivity index is 1.28. The molecule has 0 aliphatic carbocycles. The summed E-state index contributed by atoms with van der Waals surface area (Å²) in [6, 6.07) is 16.7. The molecule has 1 saturated heterocycles. The Labute approximate surface area is 175 Å². The Hall–Kier alpha value is -3.55. The highest BCUT2D eigenvalue weighted by Crippen LogP contribution is 2.18. The lowest BCUT2D eigenvalue weighted by molar-refractivity contribution is -0.123. The molecule has 2 heterocycles. The van der Waals surface area contributed by atoms with Crippen molar-refractivity contribution in [2.75, 3.05) is 43.5 Å². The van der Waals surface area contributed by atoms with Gasteiger partial charge in [0.05, 0.1) is 13.5 Å². The van der Waals surface area contributed by atoms with Gasteiger partial charge in [-0.2, -0.15) is 4.99 Å². The predicted octanol–water partition coefficient (Wildman–Crippen LogP) is 1.70. The molecule has 2 aromatic carbocycles. The van der Waals surface area contributed by atoms with Gasteiger partial charge in [-0.1, -0.05) is 24.3 Å². The number of hydrogen-bond acceptors (Lipinski definition) is 6. The first-order valence-electron chi connectivity index (χ1n) is 10.0. The van der Waals surface area contributed by atoms with Crippen molar-refractivity contribution in [2.24, 2.45) is 4.99 Å². The Bertz CT molecular complexity index is 939. The number of nitrogens with zero attached hydrogens (tertiary/aromatic N) is 3. The number of nitrogens with one attached hydrogen (secondary N) is 2. The van der Waals surface area contributed by atoms with E-state index in [-0.39, 0.29) is 18.2 Å². The molecular formula is C22H25N5O3. The normalized spacial score (nSPS) is 18.6. The van der Waals surface area contributed by atoms with E-state index in [1.54, 1.807) is 31.4 Å². The van der Waals surface area contributed by atoms with Crippen LogP contribution in [-0.4, -0.2) is 62.0 Å². The Morgan fingerprint density at radius 3 is 2.57 bits per heavy atom. The van der Waals surface area contributed by atoms with Crippen LogP contribution in [0.15, 0.2) is 59.6 Å². The van der Waals surface area contributed by atoms with Crippen LogP contribution < -0.4 is 20.3 Å². The van der Waals surface area contributed by atoms with Crippen molar-refractivity contribution in [3.05, 3.63) is 54.6 Å². The quantitative estimate of drug-likeness (QED) is 0.785. The number of hydrogen-bond donors (Lipinski definition) is 2. The smallest absolute Gasteiger partial charge is 0.271 e. The topological polar surface area (TPSA) is 86.3 Å². The number of carbonyl (C=O) groups excluding carboxylic acids is 2. The molecule has 0 radical (unpaired) electrons. The minimum Gasteiger partial charge on any atom is -0.497 e. The van der Waals surface area contributed by atoms with Gasteiger partial charge in [-0.15, -0.1) is 0 Å². The molecule has 156 valence electrons. The molecule has 0 bridgehead atoms. The van der Waals surface area contributed by atoms with Crippen LogP contribution in [0.25, 0.3) is 0 Å². The largest absolute Gasteiger partial charge is 0.497 e. The second-order valence-corrected chi connectivity index (χ2v) is 7.26. The van der Waals surface area contributed by atoms with Crippen LogP contribution >= 0.6 is 0 Å². The standard InChI is InChI=1S/C22H25N5O3/c1-30-18-9-5-6-16(14-18)23-20(28)15-19-21(29)25-22(24-19)27-12-10-26(11-13-27)17-7-3-2-4-8-17/h2-9,14,19H,10-13,15H2,1H3,(H,23,28)(H,24,25,29). The summed E-state index contributed by atoms with van der Waals surface area (Å²) < 4.78 is 5.16. The molecule has 2 aliphatic rings. The van der Waals surface area contributed by atoms with Gasteiger partial charge in [0.2, 0.25) is 11.9 Å². The van der Waals surface area contributed by atoms with Gasteiger partial charge < -0.3 is 25.2 Å². The molecule has 2 amide bonds. The number of carbonyl (C=O) groups is 2. The first kappa shape index (κ1) is 19.8. The monoisotopic (exact) mass is 407 g/mol. The summed E-state index contributed by atoms with van der Waals surface area (Å²) in [6.07, 6.45) is 0.0209. The molecule has 8 heteroatoms. The number of guanidine groups is 1. The maximum absolute atomic E-state index is 12.4. The average molecular weight is 407 g/mol. The molecule has 1 unspecified atom stereocenters. The molecule has 4 rings (SSSR count). The van der Waals surface area contributed by atoms with Gasteiger partial charge in [-0.3, -0.25) is 9.59 Å². The van der Waals surface area contributed by atoms with Crippen molar-refractivity contribution in [3.8, 4) is 5.75 Å². The average Bonchev–Trinajstić information content (AvgIpc) is 3.14. The van der Waals surface area contributed by atoms with E-state index in [0.717, 1.165) is 26.2 Å². The van der Waals surface area contributed by atoms with E-state index in [2.05, 4.69) is 37.6 Å². The van der Waals surface area contributed by atoms with E-state index in [1.807, 2.05) is 18.2 Å². The van der Waals surface area contributed by atoms with Crippen LogP contribution in [0.5, 0.6) is 5.75 Å². The Kier molecular flexibility index (Phi) is 5.83. The van der Waals surface area contributed by atoms with Gasteiger partial charge in [0.25, 0.3) is 5.91 Å². The van der Waals surface area contributed by atoms with Crippen LogP contribution in [0.1, 0.15) is 6.42 Å². The van der Waals surface area contributed by atoms with Crippen LogP contribution in [0, 0.1) is 0 Å². The van der Waals surface area contributed by atoms with E-state index in [9.17, 15) is 9.59 Å². The van der Waals surface area contributed by atoms with Gasteiger partial charge in [0.1, 0.15) is 11.8 Å². The number of amides is 2. The van der Waals surface area contributed by atoms with Crippen molar-refractivity contribution in [1.29, 1.82) is 0 Å². The van der Waals surface area contributed by atoms with Crippen LogP contribution in [0.4, 0.5) is 11.4 Å². The van der Waals surface area contributed by atoms with Crippen molar-refractivity contribution in [3.63, 3.8) is 0 Å². The fourth-order valence-electron chi connectivity index (χ4n) is 3.65. The molecule has 0 saturated carbocycles. The number of piperazine rings is 1. The third kappa shape index (κ3) is 4.53. The van der Waals surface area contributed by atoms with E-state index >= 15 is 0 Å². The van der Waals surface area contributed by atoms with Crippen molar-refractivity contribution < 1.29 is 14.3 Å². The van der Waals surface area contributed by atoms with Gasteiger partial charge in [0, 0.05) is 43.6 Å². The molecule has 0 spiro atoms. The van der Waals surface area contributed by atoms with E-state index in [0.29, 0.717) is 17.4 Å². The van der Waals surface area contributed by atoms with Gasteiger partial charge in [-0.05, 0) is 24.3 Å². The second kappa shape index (κ2) is 8.86. The zero-order valence-corrected chi connectivity index (χ0v) is 16.9. The lowest BCUT2D eigenvalue weighted by Gasteiger charge is -2.37. The number of methoxy groups -OCH3 is 1. The van der Waals surface area contributed by atoms with Crippen molar-refractivity contribution in [2.45, 2.75) is 12.5 Å². The van der Waals surface area contributed by atoms with Gasteiger partial charge >= 0.3 is 0 Å². The van der Waals surface area contributed by atoms with Gasteiger partial charge in [-0.25, -0.2) is 0 Å². The Morgan fingerprint density at radius 1 is 1.10 bits per heavy atom. The lowest BCUT2D eigenvalue weighted by atomic mass is 10.2. The molecule has 1 atom stereocenters. The molecular weight excluding hydrogens is 382 g/mol. The Morgan fingerprint density at radius 2 is 1.83 bits per heavy atom. The summed E-state index contributed by atoms with van der Waals surface area (Å²) in [7, 11) is 1.57. The maximum Gasteiger partial charge on any atom is 0.271 e. The fraction of sp³-hybridized carbons (Fsp3) is 0.318. The zero-order valence-electron chi connectivity index (χ0n) is 16.9. The molecule has 2 N–H and O–H groups in total. The predicted molar refractivity (Wildman–Crippen MR) is 116 cm³/mol. The number of aliphatic imine (C=N–C) groups is 1. The van der Waals surface area contributed by atoms with Crippen LogP contribution in [-0.2, 0) is 9.59 Å². The van der Waals surface area contributed by atoms with Crippen molar-refractivity contribution in [1.82, 2.24) is 10.2 Å². The number of ether oxygens (including phenoxy) is 1. The first-order chi connectivity index (χ1) is 14.6. The van der Waals surface area contributed by atoms with Crippen molar-refractivity contribution >= 4 is 29.1 Å². The summed E-state index contributed by atoms with van der Waals surface area (Å²) in [5, 5.41) is 5.93. The van der Waals surface area contributed by atoms with Crippen LogP contribution in [0.2, 0.25) is 0 Å². The molecule has 2 aliphatic heterocycles. The molecule has 1 fully saturated rings. The molecule has 0 aromatic heterocycles. The molecule has 2 aromatic rings. The number of rotatable bonds is 5. The van der Waals surface area contributed by atoms with Gasteiger partial charge in [0.15, 0.2) is 0 Å². The fourth-order valence-corrected chi connectivity index (χ4v) is 3.65. The SMILES string of the molecule is COc1cccc(NC(=O)CC2NC(N3CCN(c4ccccc4)CC3)=NC2=O)c1. The zero-order chi connectivity index (χ0) is 20.9. The molecule has 8 nitrogen and oxygen atoms in total. The second-order valence-electron chi connectivity index (χ2n) is 7.26. The summed E-state index contributed by atoms with van der Waals surface area (Å²) in [4.78, 5) is 33.2. The number of benzene rings is 2. The first-order valence-corrected chi connectivity index (χ1v) is 10.0. The van der Waals surface area contributed by atoms with E-state index in [1.165, 1.54) is 5.69 Å². The molecule has 30 heavy (non-hydrogen) atoms. The minimum absolute atomic E-state index is 0.0209. The lowest BCUT2D eigenvalue weighted by Crippen LogP contribution is -2.52. The van der Waals surface area contributed by atoms with E-state index < -0.39 is 6.04 Å². The van der Waals surface area contributed by atoms with Crippen LogP contribution in [0.3, 0.4) is 0 Å². The summed E-state index contributed by atoms with van der Waals surface area (Å²) in [6.45, 7) is 3.22.